The molecule has 0 fully saturated rings. The minimum Gasteiger partial charge on any atom is -0.481 e. The number of halogens is 4. The summed E-state index contributed by atoms with van der Waals surface area (Å²) in [5.41, 5.74) is -1.08. The minimum atomic E-state index is -4.61. The third-order valence-electron chi connectivity index (χ3n) is 2.44. The highest BCUT2D eigenvalue weighted by atomic mass is 19.4. The highest BCUT2D eigenvalue weighted by Gasteiger charge is 2.33. The summed E-state index contributed by atoms with van der Waals surface area (Å²) < 4.78 is 50.7. The van der Waals surface area contributed by atoms with Gasteiger partial charge in [-0.15, -0.1) is 0 Å². The van der Waals surface area contributed by atoms with Gasteiger partial charge in [-0.25, -0.2) is 4.39 Å². The summed E-state index contributed by atoms with van der Waals surface area (Å²) in [5, 5.41) is 11.1. The van der Waals surface area contributed by atoms with E-state index in [1.165, 1.54) is 0 Å². The van der Waals surface area contributed by atoms with Crippen LogP contribution >= 0.6 is 0 Å². The van der Waals surface area contributed by atoms with Crippen molar-refractivity contribution in [2.24, 2.45) is 0 Å². The molecule has 0 heterocycles. The fraction of sp³-hybridized carbons (Fsp3) is 0.417. The number of carboxylic acid groups (broad SMARTS) is 1. The van der Waals surface area contributed by atoms with E-state index in [1.54, 1.807) is 0 Å². The Kier molecular flexibility index (Phi) is 5.29. The molecule has 106 valence electrons. The number of alkyl halides is 3. The fourth-order valence-electron chi connectivity index (χ4n) is 1.55. The van der Waals surface area contributed by atoms with Crippen LogP contribution < -0.4 is 5.32 Å². The number of hydrogen-bond donors (Lipinski definition) is 2. The van der Waals surface area contributed by atoms with Crippen LogP contribution in [0.15, 0.2) is 18.2 Å². The lowest BCUT2D eigenvalue weighted by molar-refractivity contribution is -0.138. The molecule has 0 aliphatic rings. The average molecular weight is 279 g/mol. The normalized spacial score (nSPS) is 11.6. The molecule has 19 heavy (non-hydrogen) atoms. The number of aliphatic carboxylic acids is 1. The van der Waals surface area contributed by atoms with E-state index < -0.39 is 23.5 Å². The Morgan fingerprint density at radius 2 is 2.00 bits per heavy atom. The van der Waals surface area contributed by atoms with Crippen molar-refractivity contribution in [1.82, 2.24) is 5.32 Å². The number of hydrogen-bond acceptors (Lipinski definition) is 2. The molecule has 0 aliphatic carbocycles. The Labute approximate surface area is 107 Å². The van der Waals surface area contributed by atoms with Crippen LogP contribution in [0.5, 0.6) is 0 Å². The van der Waals surface area contributed by atoms with Crippen LogP contribution in [0.2, 0.25) is 0 Å². The fourth-order valence-corrected chi connectivity index (χ4v) is 1.55. The molecule has 0 spiro atoms. The van der Waals surface area contributed by atoms with Crippen LogP contribution in [-0.4, -0.2) is 17.6 Å². The van der Waals surface area contributed by atoms with Crippen LogP contribution in [0.25, 0.3) is 0 Å². The molecular weight excluding hydrogens is 266 g/mol. The summed E-state index contributed by atoms with van der Waals surface area (Å²) in [5.74, 6) is -1.90. The second-order valence-corrected chi connectivity index (χ2v) is 3.97. The molecule has 0 amide bonds. The Bertz CT molecular complexity index is 446. The van der Waals surface area contributed by atoms with E-state index in [4.69, 9.17) is 5.11 Å². The smallest absolute Gasteiger partial charge is 0.416 e. The van der Waals surface area contributed by atoms with Crippen molar-refractivity contribution in [3.63, 3.8) is 0 Å². The van der Waals surface area contributed by atoms with Gasteiger partial charge in [0.25, 0.3) is 0 Å². The summed E-state index contributed by atoms with van der Waals surface area (Å²) in [6.45, 7) is 0.190. The van der Waals surface area contributed by atoms with E-state index >= 15 is 0 Å². The van der Waals surface area contributed by atoms with Crippen LogP contribution in [0, 0.1) is 5.82 Å². The zero-order valence-electron chi connectivity index (χ0n) is 9.93. The Morgan fingerprint density at radius 3 is 2.58 bits per heavy atom. The van der Waals surface area contributed by atoms with Crippen LogP contribution in [-0.2, 0) is 17.5 Å². The number of carbonyl (C=O) groups is 1. The standard InChI is InChI=1S/C12H13F4NO2/c13-9-4-3-8(10(6-9)12(14,15)16)7-17-5-1-2-11(18)19/h3-4,6,17H,1-2,5,7H2,(H,18,19). The lowest BCUT2D eigenvalue weighted by Crippen LogP contribution is -2.19. The largest absolute Gasteiger partial charge is 0.481 e. The quantitative estimate of drug-likeness (QED) is 0.622. The van der Waals surface area contributed by atoms with Crippen molar-refractivity contribution in [3.05, 3.63) is 35.1 Å². The van der Waals surface area contributed by atoms with Gasteiger partial charge in [-0.3, -0.25) is 4.79 Å². The first-order valence-corrected chi connectivity index (χ1v) is 5.59. The highest BCUT2D eigenvalue weighted by Crippen LogP contribution is 2.32. The molecule has 3 nitrogen and oxygen atoms in total. The second kappa shape index (κ2) is 6.51. The van der Waals surface area contributed by atoms with Gasteiger partial charge < -0.3 is 10.4 Å². The minimum absolute atomic E-state index is 0.0530. The van der Waals surface area contributed by atoms with Gasteiger partial charge in [0.05, 0.1) is 5.56 Å². The lowest BCUT2D eigenvalue weighted by atomic mass is 10.1. The first-order chi connectivity index (χ1) is 8.80. The van der Waals surface area contributed by atoms with E-state index in [0.29, 0.717) is 12.5 Å². The van der Waals surface area contributed by atoms with E-state index in [2.05, 4.69) is 5.32 Å². The van der Waals surface area contributed by atoms with Crippen molar-refractivity contribution in [2.45, 2.75) is 25.6 Å². The van der Waals surface area contributed by atoms with Crippen LogP contribution in [0.1, 0.15) is 24.0 Å². The molecule has 2 N–H and O–H groups in total. The SMILES string of the molecule is O=C(O)CCCNCc1ccc(F)cc1C(F)(F)F. The van der Waals surface area contributed by atoms with Crippen molar-refractivity contribution in [2.75, 3.05) is 6.54 Å². The number of nitrogens with one attached hydrogen (secondary N) is 1. The lowest BCUT2D eigenvalue weighted by Gasteiger charge is -2.13. The Hall–Kier alpha value is -1.63. The first kappa shape index (κ1) is 15.4. The summed E-state index contributed by atoms with van der Waals surface area (Å²) in [6.07, 6.45) is -4.35. The van der Waals surface area contributed by atoms with Crippen molar-refractivity contribution in [1.29, 1.82) is 0 Å². The Balaban J connectivity index is 2.61. The van der Waals surface area contributed by atoms with Crippen LogP contribution in [0.3, 0.4) is 0 Å². The van der Waals surface area contributed by atoms with E-state index in [1.807, 2.05) is 0 Å². The van der Waals surface area contributed by atoms with Gasteiger partial charge in [0, 0.05) is 13.0 Å². The maximum Gasteiger partial charge on any atom is 0.416 e. The third-order valence-corrected chi connectivity index (χ3v) is 2.44. The molecule has 1 aromatic rings. The summed E-state index contributed by atoms with van der Waals surface area (Å²) in [7, 11) is 0. The average Bonchev–Trinajstić information content (AvgIpc) is 2.28. The molecule has 0 saturated carbocycles. The molecule has 1 rings (SSSR count). The molecule has 0 atom stereocenters. The van der Waals surface area contributed by atoms with Crippen molar-refractivity contribution in [3.8, 4) is 0 Å². The topological polar surface area (TPSA) is 49.3 Å². The van der Waals surface area contributed by atoms with Gasteiger partial charge in [-0.2, -0.15) is 13.2 Å². The maximum absolute atomic E-state index is 12.8. The van der Waals surface area contributed by atoms with Gasteiger partial charge in [0.15, 0.2) is 0 Å². The number of rotatable bonds is 6. The third kappa shape index (κ3) is 5.25. The number of benzene rings is 1. The molecule has 0 aromatic heterocycles. The zero-order chi connectivity index (χ0) is 14.5. The summed E-state index contributed by atoms with van der Waals surface area (Å²) in [4.78, 5) is 10.2. The molecule has 0 bridgehead atoms. The highest BCUT2D eigenvalue weighted by molar-refractivity contribution is 5.66. The molecule has 0 radical (unpaired) electrons. The van der Waals surface area contributed by atoms with E-state index in [9.17, 15) is 22.4 Å². The molecular formula is C12H13F4NO2. The predicted octanol–water partition coefficient (Wildman–Crippen LogP) is 2.80. The van der Waals surface area contributed by atoms with Crippen molar-refractivity contribution < 1.29 is 27.5 Å². The van der Waals surface area contributed by atoms with Crippen molar-refractivity contribution >= 4 is 5.97 Å². The van der Waals surface area contributed by atoms with Gasteiger partial charge in [0.2, 0.25) is 0 Å². The molecule has 0 saturated heterocycles. The maximum atomic E-state index is 12.8. The molecule has 0 unspecified atom stereocenters. The summed E-state index contributed by atoms with van der Waals surface area (Å²) in [6, 6.07) is 2.49. The zero-order valence-corrected chi connectivity index (χ0v) is 9.93. The number of carboxylic acids is 1. The Morgan fingerprint density at radius 1 is 1.32 bits per heavy atom. The molecule has 0 aliphatic heterocycles. The second-order valence-electron chi connectivity index (χ2n) is 3.97. The summed E-state index contributed by atoms with van der Waals surface area (Å²) >= 11 is 0. The predicted molar refractivity (Wildman–Crippen MR) is 60.0 cm³/mol. The van der Waals surface area contributed by atoms with Gasteiger partial charge in [-0.05, 0) is 30.7 Å². The molecule has 7 heteroatoms. The van der Waals surface area contributed by atoms with E-state index in [0.717, 1.165) is 12.1 Å². The van der Waals surface area contributed by atoms with Gasteiger partial charge in [-0.1, -0.05) is 6.07 Å². The van der Waals surface area contributed by atoms with Gasteiger partial charge >= 0.3 is 12.1 Å². The molecule has 1 aromatic carbocycles. The van der Waals surface area contributed by atoms with E-state index in [-0.39, 0.29) is 25.1 Å². The van der Waals surface area contributed by atoms with Gasteiger partial charge in [0.1, 0.15) is 5.82 Å². The van der Waals surface area contributed by atoms with Crippen LogP contribution in [0.4, 0.5) is 17.6 Å². The monoisotopic (exact) mass is 279 g/mol. The first-order valence-electron chi connectivity index (χ1n) is 5.59.